The topological polar surface area (TPSA) is 37.8 Å². The van der Waals surface area contributed by atoms with Gasteiger partial charge in [0.1, 0.15) is 5.82 Å². The molecule has 1 aliphatic heterocycles. The number of nitrogens with zero attached hydrogens (tertiary/aromatic N) is 2. The van der Waals surface area contributed by atoms with Crippen molar-refractivity contribution >= 4 is 0 Å². The van der Waals surface area contributed by atoms with Crippen LogP contribution in [0.4, 0.5) is 0 Å². The van der Waals surface area contributed by atoms with E-state index in [9.17, 15) is 0 Å². The lowest BCUT2D eigenvalue weighted by atomic mass is 9.91. The third-order valence-electron chi connectivity index (χ3n) is 3.72. The van der Waals surface area contributed by atoms with Gasteiger partial charge in [0.15, 0.2) is 0 Å². The van der Waals surface area contributed by atoms with E-state index in [-0.39, 0.29) is 5.41 Å². The maximum Gasteiger partial charge on any atom is 0.129 e. The van der Waals surface area contributed by atoms with Gasteiger partial charge in [-0.3, -0.25) is 0 Å². The van der Waals surface area contributed by atoms with E-state index in [0.29, 0.717) is 6.04 Å². The number of rotatable bonds is 2. The quantitative estimate of drug-likeness (QED) is 0.885. The van der Waals surface area contributed by atoms with Crippen molar-refractivity contribution in [1.82, 2.24) is 15.3 Å². The molecule has 0 amide bonds. The highest BCUT2D eigenvalue weighted by atomic mass is 15.0. The van der Waals surface area contributed by atoms with Crippen molar-refractivity contribution in [3.05, 3.63) is 22.8 Å². The molecular formula is C16H27N3. The molecule has 0 aliphatic carbocycles. The van der Waals surface area contributed by atoms with Gasteiger partial charge in [0.2, 0.25) is 0 Å². The van der Waals surface area contributed by atoms with Crippen LogP contribution in [0.5, 0.6) is 0 Å². The summed E-state index contributed by atoms with van der Waals surface area (Å²) in [5.74, 6) is 0.988. The number of hydrogen-bond donors (Lipinski definition) is 1. The summed E-state index contributed by atoms with van der Waals surface area (Å²) in [6, 6.07) is 0.456. The lowest BCUT2D eigenvalue weighted by Crippen LogP contribution is -2.29. The fraction of sp³-hybridized carbons (Fsp3) is 0.750. The Bertz CT molecular complexity index is 417. The molecule has 1 saturated heterocycles. The van der Waals surface area contributed by atoms with Gasteiger partial charge in [-0.05, 0) is 38.6 Å². The first-order valence-corrected chi connectivity index (χ1v) is 7.44. The van der Waals surface area contributed by atoms with Crippen molar-refractivity contribution in [3.8, 4) is 0 Å². The SMILES string of the molecule is Cc1nc(CC(C)(C)C)nc(C)c1C1CCCCN1. The molecule has 2 rings (SSSR count). The molecule has 106 valence electrons. The molecule has 3 nitrogen and oxygen atoms in total. The van der Waals surface area contributed by atoms with Crippen molar-refractivity contribution in [2.45, 2.75) is 66.3 Å². The van der Waals surface area contributed by atoms with E-state index < -0.39 is 0 Å². The molecule has 1 unspecified atom stereocenters. The molecule has 0 saturated carbocycles. The van der Waals surface area contributed by atoms with Crippen LogP contribution in [0.15, 0.2) is 0 Å². The van der Waals surface area contributed by atoms with Crippen molar-refractivity contribution in [2.75, 3.05) is 6.54 Å². The fourth-order valence-electron chi connectivity index (χ4n) is 2.95. The summed E-state index contributed by atoms with van der Waals surface area (Å²) in [4.78, 5) is 9.49. The molecular weight excluding hydrogens is 234 g/mol. The van der Waals surface area contributed by atoms with Gasteiger partial charge in [0.05, 0.1) is 0 Å². The zero-order chi connectivity index (χ0) is 14.0. The molecule has 1 aromatic heterocycles. The average molecular weight is 261 g/mol. The van der Waals surface area contributed by atoms with Crippen LogP contribution < -0.4 is 5.32 Å². The Hall–Kier alpha value is -0.960. The van der Waals surface area contributed by atoms with Crippen molar-refractivity contribution in [1.29, 1.82) is 0 Å². The zero-order valence-electron chi connectivity index (χ0n) is 13.0. The van der Waals surface area contributed by atoms with E-state index in [1.165, 1.54) is 24.8 Å². The predicted molar refractivity (Wildman–Crippen MR) is 79.3 cm³/mol. The predicted octanol–water partition coefficient (Wildman–Crippen LogP) is 3.50. The molecule has 0 aromatic carbocycles. The molecule has 0 spiro atoms. The normalized spacial score (nSPS) is 20.6. The standard InChI is InChI=1S/C16H27N3/c1-11-15(13-8-6-7-9-17-13)12(2)19-14(18-11)10-16(3,4)5/h13,17H,6-10H2,1-5H3. The Morgan fingerprint density at radius 1 is 1.11 bits per heavy atom. The van der Waals surface area contributed by atoms with Gasteiger partial charge >= 0.3 is 0 Å². The monoisotopic (exact) mass is 261 g/mol. The molecule has 1 atom stereocenters. The summed E-state index contributed by atoms with van der Waals surface area (Å²) in [5, 5.41) is 3.60. The van der Waals surface area contributed by atoms with Crippen molar-refractivity contribution in [2.24, 2.45) is 5.41 Å². The van der Waals surface area contributed by atoms with Crippen LogP contribution in [0.2, 0.25) is 0 Å². The van der Waals surface area contributed by atoms with Crippen LogP contribution in [0.25, 0.3) is 0 Å². The fourth-order valence-corrected chi connectivity index (χ4v) is 2.95. The molecule has 0 radical (unpaired) electrons. The second kappa shape index (κ2) is 5.58. The minimum absolute atomic E-state index is 0.240. The first-order valence-electron chi connectivity index (χ1n) is 7.44. The summed E-state index contributed by atoms with van der Waals surface area (Å²) < 4.78 is 0. The second-order valence-electron chi connectivity index (χ2n) is 6.96. The Morgan fingerprint density at radius 3 is 2.21 bits per heavy atom. The maximum absolute atomic E-state index is 4.74. The van der Waals surface area contributed by atoms with E-state index in [4.69, 9.17) is 9.97 Å². The summed E-state index contributed by atoms with van der Waals surface area (Å²) in [5.41, 5.74) is 3.89. The summed E-state index contributed by atoms with van der Waals surface area (Å²) in [6.45, 7) is 12.1. The van der Waals surface area contributed by atoms with Gasteiger partial charge < -0.3 is 5.32 Å². The molecule has 1 aromatic rings. The number of hydrogen-bond acceptors (Lipinski definition) is 3. The zero-order valence-corrected chi connectivity index (χ0v) is 13.0. The summed E-state index contributed by atoms with van der Waals surface area (Å²) >= 11 is 0. The number of aryl methyl sites for hydroxylation is 2. The van der Waals surface area contributed by atoms with E-state index in [1.807, 2.05) is 0 Å². The Labute approximate surface area is 117 Å². The first kappa shape index (κ1) is 14.4. The third-order valence-corrected chi connectivity index (χ3v) is 3.72. The summed E-state index contributed by atoms with van der Waals surface area (Å²) in [6.07, 6.45) is 4.74. The lowest BCUT2D eigenvalue weighted by Gasteiger charge is -2.26. The van der Waals surface area contributed by atoms with E-state index >= 15 is 0 Å². The van der Waals surface area contributed by atoms with E-state index in [0.717, 1.165) is 30.2 Å². The Kier molecular flexibility index (Phi) is 4.24. The first-order chi connectivity index (χ1) is 8.87. The van der Waals surface area contributed by atoms with Crippen LogP contribution in [0.1, 0.15) is 68.9 Å². The number of piperidine rings is 1. The van der Waals surface area contributed by atoms with Crippen LogP contribution in [-0.2, 0) is 6.42 Å². The average Bonchev–Trinajstić information content (AvgIpc) is 2.27. The van der Waals surface area contributed by atoms with Crippen molar-refractivity contribution in [3.63, 3.8) is 0 Å². The maximum atomic E-state index is 4.74. The van der Waals surface area contributed by atoms with E-state index in [2.05, 4.69) is 39.9 Å². The smallest absolute Gasteiger partial charge is 0.129 e. The third kappa shape index (κ3) is 3.75. The van der Waals surface area contributed by atoms with Crippen LogP contribution in [0.3, 0.4) is 0 Å². The Balaban J connectivity index is 2.26. The van der Waals surface area contributed by atoms with Gasteiger partial charge in [-0.15, -0.1) is 0 Å². The highest BCUT2D eigenvalue weighted by Gasteiger charge is 2.22. The molecule has 0 bridgehead atoms. The van der Waals surface area contributed by atoms with Gasteiger partial charge in [-0.1, -0.05) is 27.2 Å². The van der Waals surface area contributed by atoms with E-state index in [1.54, 1.807) is 0 Å². The van der Waals surface area contributed by atoms with Crippen molar-refractivity contribution < 1.29 is 0 Å². The second-order valence-corrected chi connectivity index (χ2v) is 6.96. The van der Waals surface area contributed by atoms with Crippen LogP contribution in [0, 0.1) is 19.3 Å². The Morgan fingerprint density at radius 2 is 1.74 bits per heavy atom. The minimum atomic E-state index is 0.240. The van der Waals surface area contributed by atoms with Gasteiger partial charge in [-0.25, -0.2) is 9.97 Å². The van der Waals surface area contributed by atoms with Crippen LogP contribution in [-0.4, -0.2) is 16.5 Å². The largest absolute Gasteiger partial charge is 0.310 e. The lowest BCUT2D eigenvalue weighted by molar-refractivity contribution is 0.393. The molecule has 1 aliphatic rings. The minimum Gasteiger partial charge on any atom is -0.310 e. The molecule has 2 heterocycles. The molecule has 1 fully saturated rings. The summed E-state index contributed by atoms with van der Waals surface area (Å²) in [7, 11) is 0. The highest BCUT2D eigenvalue weighted by Crippen LogP contribution is 2.28. The van der Waals surface area contributed by atoms with Gasteiger partial charge in [-0.2, -0.15) is 0 Å². The highest BCUT2D eigenvalue weighted by molar-refractivity contribution is 5.28. The molecule has 3 heteroatoms. The number of aromatic nitrogens is 2. The number of nitrogens with one attached hydrogen (secondary N) is 1. The molecule has 1 N–H and O–H groups in total. The van der Waals surface area contributed by atoms with Gasteiger partial charge in [0.25, 0.3) is 0 Å². The molecule has 19 heavy (non-hydrogen) atoms. The van der Waals surface area contributed by atoms with Gasteiger partial charge in [0, 0.05) is 29.4 Å². The van der Waals surface area contributed by atoms with Crippen LogP contribution >= 0.6 is 0 Å².